The Morgan fingerprint density at radius 2 is 1.12 bits per heavy atom. The summed E-state index contributed by atoms with van der Waals surface area (Å²) in [6, 6.07) is 37.4. The third kappa shape index (κ3) is 2.87. The van der Waals surface area contributed by atoms with E-state index in [1.807, 2.05) is 0 Å². The summed E-state index contributed by atoms with van der Waals surface area (Å²) in [6.07, 6.45) is 0. The van der Waals surface area contributed by atoms with Crippen LogP contribution in [-0.2, 0) is 9.31 Å². The predicted octanol–water partition coefficient (Wildman–Crippen LogP) is 8.23. The molecular weight excluding hydrogens is 503 g/mol. The van der Waals surface area contributed by atoms with Gasteiger partial charge >= 0.3 is 7.12 Å². The van der Waals surface area contributed by atoms with Crippen LogP contribution in [-0.4, -0.2) is 27.3 Å². The Morgan fingerprint density at radius 1 is 0.512 bits per heavy atom. The average Bonchev–Trinajstić information content (AvgIpc) is 3.53. The number of hydrogen-bond donors (Lipinski definition) is 0. The highest BCUT2D eigenvalue weighted by molar-refractivity contribution is 6.66. The number of benzene rings is 5. The molecule has 1 aliphatic heterocycles. The molecule has 198 valence electrons. The molecule has 0 aliphatic carbocycles. The number of fused-ring (bicyclic) bond motifs is 5. The Labute approximate surface area is 238 Å². The van der Waals surface area contributed by atoms with Gasteiger partial charge in [-0.05, 0) is 74.9 Å². The summed E-state index contributed by atoms with van der Waals surface area (Å²) in [7, 11) is -0.479. The Hall–Kier alpha value is -4.32. The Bertz CT molecular complexity index is 2310. The molecule has 4 heterocycles. The minimum absolute atomic E-state index is 0.436. The van der Waals surface area contributed by atoms with E-state index in [9.17, 15) is 0 Å². The van der Waals surface area contributed by atoms with Gasteiger partial charge in [-0.25, -0.2) is 0 Å². The molecule has 9 rings (SSSR count). The van der Waals surface area contributed by atoms with Gasteiger partial charge in [0.15, 0.2) is 0 Å². The van der Waals surface area contributed by atoms with E-state index in [2.05, 4.69) is 140 Å². The van der Waals surface area contributed by atoms with E-state index in [0.717, 1.165) is 11.2 Å². The van der Waals surface area contributed by atoms with Crippen LogP contribution in [0, 0.1) is 0 Å². The molecule has 0 amide bonds. The van der Waals surface area contributed by atoms with E-state index >= 15 is 0 Å². The summed E-state index contributed by atoms with van der Waals surface area (Å²) in [5.41, 5.74) is 7.37. The first-order chi connectivity index (χ1) is 19.9. The van der Waals surface area contributed by atoms with E-state index in [1.54, 1.807) is 0 Å². The molecule has 5 heteroatoms. The number of rotatable bonds is 2. The normalized spacial score (nSPS) is 16.9. The van der Waals surface area contributed by atoms with E-state index < -0.39 is 18.3 Å². The molecule has 0 atom stereocenters. The van der Waals surface area contributed by atoms with Crippen LogP contribution in [0.2, 0.25) is 0 Å². The van der Waals surface area contributed by atoms with E-state index in [0.29, 0.717) is 0 Å². The zero-order valence-corrected chi connectivity index (χ0v) is 23.6. The van der Waals surface area contributed by atoms with Crippen molar-refractivity contribution in [3.05, 3.63) is 103 Å². The molecule has 1 fully saturated rings. The van der Waals surface area contributed by atoms with Crippen LogP contribution in [0.15, 0.2) is 103 Å². The van der Waals surface area contributed by atoms with E-state index in [1.165, 1.54) is 59.9 Å². The largest absolute Gasteiger partial charge is 0.495 e. The van der Waals surface area contributed by atoms with Gasteiger partial charge in [-0.1, -0.05) is 66.7 Å². The summed E-state index contributed by atoms with van der Waals surface area (Å²) < 4.78 is 18.3. The van der Waals surface area contributed by atoms with Crippen molar-refractivity contribution in [2.75, 3.05) is 0 Å². The van der Waals surface area contributed by atoms with Crippen LogP contribution in [0.25, 0.3) is 65.6 Å². The quantitative estimate of drug-likeness (QED) is 0.210. The molecule has 5 aromatic carbocycles. The minimum Gasteiger partial charge on any atom is -0.399 e. The molecule has 1 aliphatic rings. The fourth-order valence-electron chi connectivity index (χ4n) is 7.12. The van der Waals surface area contributed by atoms with Crippen molar-refractivity contribution >= 4 is 72.5 Å². The topological polar surface area (TPSA) is 27.8 Å². The zero-order valence-electron chi connectivity index (χ0n) is 23.6. The molecule has 0 N–H and O–H groups in total. The molecule has 0 bridgehead atoms. The zero-order chi connectivity index (χ0) is 27.7. The van der Waals surface area contributed by atoms with Crippen molar-refractivity contribution in [1.29, 1.82) is 0 Å². The highest BCUT2D eigenvalue weighted by atomic mass is 16.7. The molecule has 0 saturated carbocycles. The van der Waals surface area contributed by atoms with Gasteiger partial charge < -0.3 is 18.3 Å². The summed E-state index contributed by atoms with van der Waals surface area (Å²) in [5, 5.41) is 7.41. The molecular formula is C36H29BN2O2. The third-order valence-corrected chi connectivity index (χ3v) is 9.69. The molecule has 0 radical (unpaired) electrons. The van der Waals surface area contributed by atoms with Crippen LogP contribution in [0.3, 0.4) is 0 Å². The lowest BCUT2D eigenvalue weighted by atomic mass is 9.75. The van der Waals surface area contributed by atoms with Crippen molar-refractivity contribution in [3.63, 3.8) is 0 Å². The van der Waals surface area contributed by atoms with Crippen molar-refractivity contribution in [1.82, 2.24) is 8.97 Å². The number of nitrogens with zero attached hydrogens (tertiary/aromatic N) is 2. The molecule has 41 heavy (non-hydrogen) atoms. The van der Waals surface area contributed by atoms with Crippen LogP contribution >= 0.6 is 0 Å². The first-order valence-electron chi connectivity index (χ1n) is 14.4. The van der Waals surface area contributed by atoms with Crippen LogP contribution in [0.4, 0.5) is 0 Å². The Morgan fingerprint density at radius 3 is 1.93 bits per heavy atom. The lowest BCUT2D eigenvalue weighted by Gasteiger charge is -2.32. The monoisotopic (exact) mass is 532 g/mol. The van der Waals surface area contributed by atoms with Gasteiger partial charge in [0.25, 0.3) is 0 Å². The molecule has 1 saturated heterocycles. The van der Waals surface area contributed by atoms with E-state index in [4.69, 9.17) is 9.31 Å². The molecule has 8 aromatic rings. The number of aromatic nitrogens is 2. The van der Waals surface area contributed by atoms with Crippen LogP contribution < -0.4 is 5.46 Å². The summed E-state index contributed by atoms with van der Waals surface area (Å²) in [4.78, 5) is 0. The first-order valence-corrected chi connectivity index (χ1v) is 14.4. The van der Waals surface area contributed by atoms with Crippen molar-refractivity contribution < 1.29 is 9.31 Å². The Kier molecular flexibility index (Phi) is 4.39. The minimum atomic E-state index is -0.479. The van der Waals surface area contributed by atoms with Gasteiger partial charge in [0, 0.05) is 32.6 Å². The van der Waals surface area contributed by atoms with Gasteiger partial charge in [0.05, 0.1) is 38.8 Å². The highest BCUT2D eigenvalue weighted by Gasteiger charge is 2.52. The average molecular weight is 532 g/mol. The van der Waals surface area contributed by atoms with Gasteiger partial charge in [-0.3, -0.25) is 0 Å². The van der Waals surface area contributed by atoms with E-state index in [-0.39, 0.29) is 0 Å². The second-order valence-corrected chi connectivity index (χ2v) is 12.4. The van der Waals surface area contributed by atoms with Gasteiger partial charge in [-0.2, -0.15) is 0 Å². The SMILES string of the molecule is CC1(C)OB(c2ccc3c4c2c2cccc5c6ccccc6n(c6cccc(c46)n3-c3ccccc3)c52)OC1(C)C. The molecule has 0 unspecified atom stereocenters. The lowest BCUT2D eigenvalue weighted by molar-refractivity contribution is 0.00578. The predicted molar refractivity (Wildman–Crippen MR) is 171 cm³/mol. The van der Waals surface area contributed by atoms with Crippen LogP contribution in [0.5, 0.6) is 0 Å². The smallest absolute Gasteiger partial charge is 0.399 e. The van der Waals surface area contributed by atoms with Gasteiger partial charge in [-0.15, -0.1) is 0 Å². The lowest BCUT2D eigenvalue weighted by Crippen LogP contribution is -2.41. The molecule has 3 aromatic heterocycles. The van der Waals surface area contributed by atoms with Crippen molar-refractivity contribution in [2.45, 2.75) is 38.9 Å². The molecule has 4 nitrogen and oxygen atoms in total. The third-order valence-electron chi connectivity index (χ3n) is 9.69. The summed E-state index contributed by atoms with van der Waals surface area (Å²) >= 11 is 0. The number of para-hydroxylation sites is 3. The maximum absolute atomic E-state index is 6.71. The summed E-state index contributed by atoms with van der Waals surface area (Å²) in [6.45, 7) is 8.51. The van der Waals surface area contributed by atoms with Crippen molar-refractivity contribution in [2.24, 2.45) is 0 Å². The van der Waals surface area contributed by atoms with Crippen molar-refractivity contribution in [3.8, 4) is 5.69 Å². The van der Waals surface area contributed by atoms with Gasteiger partial charge in [0.2, 0.25) is 0 Å². The fraction of sp³-hybridized carbons (Fsp3) is 0.167. The number of hydrogen-bond acceptors (Lipinski definition) is 2. The standard InChI is InChI=1S/C36H29BN2O2/c1-35(2)36(3,4)41-37(40-35)26-20-21-30-33-31(26)25-16-10-15-24-23-14-8-9-17-27(23)39(34(24)25)29-19-11-18-28(32(29)33)38(30)22-12-6-5-7-13-22/h5-21H,1-4H3. The second kappa shape index (κ2) is 7.70. The maximum atomic E-state index is 6.71. The summed E-state index contributed by atoms with van der Waals surface area (Å²) in [5.74, 6) is 0. The Balaban J connectivity index is 1.58. The van der Waals surface area contributed by atoms with Crippen LogP contribution in [0.1, 0.15) is 27.7 Å². The maximum Gasteiger partial charge on any atom is 0.495 e. The van der Waals surface area contributed by atoms with Gasteiger partial charge in [0.1, 0.15) is 0 Å². The molecule has 0 spiro atoms. The fourth-order valence-corrected chi connectivity index (χ4v) is 7.12. The first kappa shape index (κ1) is 23.4. The highest BCUT2D eigenvalue weighted by Crippen LogP contribution is 2.45. The second-order valence-electron chi connectivity index (χ2n) is 12.4.